The van der Waals surface area contributed by atoms with E-state index >= 15 is 0 Å². The lowest BCUT2D eigenvalue weighted by atomic mass is 9.88. The molecule has 2 amide bonds. The number of carbonyl (C=O) groups is 2. The summed E-state index contributed by atoms with van der Waals surface area (Å²) in [5.74, 6) is -0.123. The minimum Gasteiger partial charge on any atom is -0.384 e. The molecule has 2 aliphatic carbocycles. The molecule has 1 aromatic carbocycles. The summed E-state index contributed by atoms with van der Waals surface area (Å²) in [6.07, 6.45) is 8.64. The van der Waals surface area contributed by atoms with E-state index in [1.165, 1.54) is 18.1 Å². The molecule has 0 aliphatic heterocycles. The number of fused-ring (bicyclic) bond motifs is 1. The van der Waals surface area contributed by atoms with Crippen molar-refractivity contribution in [3.8, 4) is 0 Å². The van der Waals surface area contributed by atoms with Crippen molar-refractivity contribution in [1.29, 1.82) is 0 Å². The molecule has 7 heteroatoms. The Labute approximate surface area is 172 Å². The monoisotopic (exact) mass is 400 g/mol. The van der Waals surface area contributed by atoms with Gasteiger partial charge in [0.1, 0.15) is 5.54 Å². The fourth-order valence-corrected chi connectivity index (χ4v) is 4.50. The minimum atomic E-state index is -0.679. The molecule has 1 fully saturated rings. The van der Waals surface area contributed by atoms with Gasteiger partial charge in [-0.15, -0.1) is 0 Å². The number of amides is 2. The van der Waals surface area contributed by atoms with Gasteiger partial charge in [-0.1, -0.05) is 55.1 Å². The summed E-state index contributed by atoms with van der Waals surface area (Å²) in [5, 5.41) is 10.0. The Hall–Kier alpha value is -2.57. The van der Waals surface area contributed by atoms with Crippen LogP contribution in [0.3, 0.4) is 0 Å². The van der Waals surface area contributed by atoms with Crippen molar-refractivity contribution < 1.29 is 14.4 Å². The fourth-order valence-electron chi connectivity index (χ4n) is 4.50. The third-order valence-electron chi connectivity index (χ3n) is 5.93. The van der Waals surface area contributed by atoms with Gasteiger partial charge in [-0.25, -0.2) is 0 Å². The van der Waals surface area contributed by atoms with Gasteiger partial charge in [0.2, 0.25) is 5.91 Å². The molecule has 0 aromatic heterocycles. The van der Waals surface area contributed by atoms with Crippen molar-refractivity contribution in [2.75, 3.05) is 6.61 Å². The van der Waals surface area contributed by atoms with Crippen LogP contribution < -0.4 is 16.4 Å². The van der Waals surface area contributed by atoms with Crippen LogP contribution in [0.1, 0.15) is 75.5 Å². The van der Waals surface area contributed by atoms with Crippen molar-refractivity contribution in [2.45, 2.75) is 76.3 Å². The quantitative estimate of drug-likeness (QED) is 0.295. The first-order valence-electron chi connectivity index (χ1n) is 10.6. The van der Waals surface area contributed by atoms with Crippen molar-refractivity contribution in [2.24, 2.45) is 10.9 Å². The number of nitrogens with zero attached hydrogens (tertiary/aromatic N) is 1. The van der Waals surface area contributed by atoms with E-state index in [9.17, 15) is 9.59 Å². The molecule has 0 heterocycles. The number of hydrogen-bond donors (Lipinski definition) is 3. The molecule has 1 unspecified atom stereocenters. The summed E-state index contributed by atoms with van der Waals surface area (Å²) in [4.78, 5) is 29.4. The Morgan fingerprint density at radius 2 is 1.90 bits per heavy atom. The van der Waals surface area contributed by atoms with Gasteiger partial charge in [0.15, 0.2) is 12.4 Å². The van der Waals surface area contributed by atoms with E-state index < -0.39 is 5.54 Å². The summed E-state index contributed by atoms with van der Waals surface area (Å²) < 4.78 is 0. The number of amidine groups is 1. The number of nitrogens with one attached hydrogen (secondary N) is 2. The molecule has 0 radical (unpaired) electrons. The third kappa shape index (κ3) is 5.49. The number of oxime groups is 1. The van der Waals surface area contributed by atoms with Gasteiger partial charge in [-0.05, 0) is 43.2 Å². The molecule has 3 rings (SSSR count). The van der Waals surface area contributed by atoms with Gasteiger partial charge in [0.25, 0.3) is 5.91 Å². The zero-order valence-corrected chi connectivity index (χ0v) is 17.2. The fraction of sp³-hybridized carbons (Fsp3) is 0.591. The highest BCUT2D eigenvalue weighted by molar-refractivity contribution is 5.93. The van der Waals surface area contributed by atoms with Crippen LogP contribution >= 0.6 is 0 Å². The molecular formula is C22H32N4O3. The molecule has 29 heavy (non-hydrogen) atoms. The summed E-state index contributed by atoms with van der Waals surface area (Å²) in [6.45, 7) is 1.28. The Kier molecular flexibility index (Phi) is 7.12. The number of benzene rings is 1. The average Bonchev–Trinajstić information content (AvgIpc) is 2.94. The smallest absolute Gasteiger partial charge is 0.261 e. The van der Waals surface area contributed by atoms with Crippen LogP contribution in [0.25, 0.3) is 0 Å². The van der Waals surface area contributed by atoms with Gasteiger partial charge >= 0.3 is 0 Å². The van der Waals surface area contributed by atoms with Gasteiger partial charge in [-0.3, -0.25) is 9.59 Å². The lowest BCUT2D eigenvalue weighted by Crippen LogP contribution is -2.57. The second-order valence-electron chi connectivity index (χ2n) is 8.14. The molecule has 0 bridgehead atoms. The molecule has 1 atom stereocenters. The molecule has 0 spiro atoms. The average molecular weight is 401 g/mol. The van der Waals surface area contributed by atoms with Crippen molar-refractivity contribution in [3.63, 3.8) is 0 Å². The summed E-state index contributed by atoms with van der Waals surface area (Å²) in [7, 11) is 0. The highest BCUT2D eigenvalue weighted by Gasteiger charge is 2.36. The second kappa shape index (κ2) is 9.76. The van der Waals surface area contributed by atoms with Gasteiger partial charge in [-0.2, -0.15) is 0 Å². The second-order valence-corrected chi connectivity index (χ2v) is 8.14. The highest BCUT2D eigenvalue weighted by atomic mass is 16.6. The highest BCUT2D eigenvalue weighted by Crippen LogP contribution is 2.29. The van der Waals surface area contributed by atoms with Crippen LogP contribution in [0.5, 0.6) is 0 Å². The standard InChI is InChI=1S/C22H32N4O3/c1-16(27)25-22(13-6-2-3-7-14-22)21(23)26-29-15-20(28)24-19-12-8-10-17-9-4-5-11-18(17)19/h4-5,9,11,19H,2-3,6-8,10,12-15H2,1H3,(H2,23,26)(H,24,28)(H,25,27). The zero-order valence-electron chi connectivity index (χ0n) is 17.2. The normalized spacial score (nSPS) is 21.4. The number of carbonyl (C=O) groups excluding carboxylic acids is 2. The first kappa shape index (κ1) is 21.1. The van der Waals surface area contributed by atoms with Crippen LogP contribution in [0, 0.1) is 0 Å². The largest absolute Gasteiger partial charge is 0.384 e. The molecule has 158 valence electrons. The number of hydrogen-bond acceptors (Lipinski definition) is 4. The van der Waals surface area contributed by atoms with E-state index in [4.69, 9.17) is 10.6 Å². The first-order chi connectivity index (χ1) is 14.0. The molecule has 1 aromatic rings. The van der Waals surface area contributed by atoms with Crippen LogP contribution in [0.2, 0.25) is 0 Å². The SMILES string of the molecule is CC(=O)NC1(C(N)=NOCC(=O)NC2CCCc3ccccc32)CCCCCC1. The van der Waals surface area contributed by atoms with E-state index in [0.29, 0.717) is 0 Å². The predicted octanol–water partition coefficient (Wildman–Crippen LogP) is 2.70. The van der Waals surface area contributed by atoms with E-state index in [-0.39, 0.29) is 30.3 Å². The third-order valence-corrected chi connectivity index (χ3v) is 5.93. The maximum absolute atomic E-state index is 12.4. The van der Waals surface area contributed by atoms with Crippen molar-refractivity contribution in [1.82, 2.24) is 10.6 Å². The van der Waals surface area contributed by atoms with Crippen LogP contribution in [-0.2, 0) is 20.8 Å². The molecule has 1 saturated carbocycles. The number of nitrogens with two attached hydrogens (primary N) is 1. The van der Waals surface area contributed by atoms with Crippen molar-refractivity contribution >= 4 is 17.6 Å². The van der Waals surface area contributed by atoms with Crippen molar-refractivity contribution in [3.05, 3.63) is 35.4 Å². The lowest BCUT2D eigenvalue weighted by Gasteiger charge is -2.32. The Morgan fingerprint density at radius 1 is 1.17 bits per heavy atom. The molecular weight excluding hydrogens is 368 g/mol. The van der Waals surface area contributed by atoms with Gasteiger partial charge < -0.3 is 21.2 Å². The van der Waals surface area contributed by atoms with Gasteiger partial charge in [0.05, 0.1) is 6.04 Å². The Balaban J connectivity index is 1.58. The maximum Gasteiger partial charge on any atom is 0.261 e. The van der Waals surface area contributed by atoms with Crippen LogP contribution in [0.15, 0.2) is 29.4 Å². The molecule has 7 nitrogen and oxygen atoms in total. The summed E-state index contributed by atoms with van der Waals surface area (Å²) in [6, 6.07) is 8.22. The van der Waals surface area contributed by atoms with E-state index in [2.05, 4.69) is 27.9 Å². The minimum absolute atomic E-state index is 0.00459. The van der Waals surface area contributed by atoms with Crippen LogP contribution in [-0.4, -0.2) is 29.8 Å². The van der Waals surface area contributed by atoms with Gasteiger partial charge in [0, 0.05) is 6.92 Å². The summed E-state index contributed by atoms with van der Waals surface area (Å²) >= 11 is 0. The first-order valence-corrected chi connectivity index (χ1v) is 10.6. The molecule has 4 N–H and O–H groups in total. The summed E-state index contributed by atoms with van der Waals surface area (Å²) in [5.41, 5.74) is 8.00. The van der Waals surface area contributed by atoms with E-state index in [1.807, 2.05) is 12.1 Å². The zero-order chi connectivity index (χ0) is 20.7. The van der Waals surface area contributed by atoms with E-state index in [1.54, 1.807) is 0 Å². The van der Waals surface area contributed by atoms with Crippen LogP contribution in [0.4, 0.5) is 0 Å². The lowest BCUT2D eigenvalue weighted by molar-refractivity contribution is -0.126. The predicted molar refractivity (Wildman–Crippen MR) is 112 cm³/mol. The number of aryl methyl sites for hydroxylation is 1. The topological polar surface area (TPSA) is 106 Å². The Morgan fingerprint density at radius 3 is 2.62 bits per heavy atom. The Bertz CT molecular complexity index is 754. The maximum atomic E-state index is 12.4. The van der Waals surface area contributed by atoms with E-state index in [0.717, 1.165) is 57.8 Å². The molecule has 2 aliphatic rings. The molecule has 0 saturated heterocycles. The number of rotatable bonds is 6.